The van der Waals surface area contributed by atoms with E-state index >= 15 is 0 Å². The smallest absolute Gasteiger partial charge is 0.270 e. The molecule has 0 amide bonds. The molecule has 1 aromatic heterocycles. The minimum atomic E-state index is -0.505. The fourth-order valence-corrected chi connectivity index (χ4v) is 2.62. The van der Waals surface area contributed by atoms with Gasteiger partial charge in [0.2, 0.25) is 0 Å². The molecule has 24 heavy (non-hydrogen) atoms. The van der Waals surface area contributed by atoms with Crippen LogP contribution in [0.2, 0.25) is 0 Å². The number of hydrogen-bond acceptors (Lipinski definition) is 4. The van der Waals surface area contributed by atoms with Crippen molar-refractivity contribution in [1.82, 2.24) is 4.98 Å². The van der Waals surface area contributed by atoms with Crippen LogP contribution in [-0.4, -0.2) is 9.91 Å². The molecule has 114 valence electrons. The van der Waals surface area contributed by atoms with E-state index in [0.717, 1.165) is 10.9 Å². The van der Waals surface area contributed by atoms with Gasteiger partial charge in [0.25, 0.3) is 5.69 Å². The summed E-state index contributed by atoms with van der Waals surface area (Å²) >= 11 is 0. The maximum atomic E-state index is 11.0. The van der Waals surface area contributed by atoms with Crippen LogP contribution < -0.4 is 0 Å². The maximum Gasteiger partial charge on any atom is 0.270 e. The lowest BCUT2D eigenvalue weighted by molar-refractivity contribution is -0.384. The van der Waals surface area contributed by atoms with Crippen LogP contribution in [0.1, 0.15) is 11.1 Å². The van der Waals surface area contributed by atoms with Gasteiger partial charge >= 0.3 is 0 Å². The van der Waals surface area contributed by atoms with Crippen molar-refractivity contribution in [3.63, 3.8) is 0 Å². The summed E-state index contributed by atoms with van der Waals surface area (Å²) in [6.07, 6.45) is 1.70. The average molecular weight is 314 g/mol. The van der Waals surface area contributed by atoms with Crippen molar-refractivity contribution in [2.24, 2.45) is 0 Å². The Bertz CT molecular complexity index is 1050. The zero-order valence-corrected chi connectivity index (χ0v) is 12.4. The Morgan fingerprint density at radius 2 is 1.83 bits per heavy atom. The first-order valence-corrected chi connectivity index (χ1v) is 7.01. The summed E-state index contributed by atoms with van der Waals surface area (Å²) < 4.78 is 0. The molecule has 0 aliphatic rings. The average Bonchev–Trinajstić information content (AvgIpc) is 3.03. The molecule has 6 nitrogen and oxygen atoms in total. The second-order valence-corrected chi connectivity index (χ2v) is 5.03. The topological polar surface area (TPSA) is 107 Å². The Labute approximate surface area is 137 Å². The lowest BCUT2D eigenvalue weighted by Crippen LogP contribution is -1.94. The Morgan fingerprint density at radius 1 is 1.08 bits per heavy atom. The number of hydrogen-bond donors (Lipinski definition) is 1. The normalized spacial score (nSPS) is 9.92. The molecule has 0 aliphatic heterocycles. The Hall–Kier alpha value is -3.90. The molecule has 3 rings (SSSR count). The number of aromatic amines is 1. The zero-order valence-electron chi connectivity index (χ0n) is 12.4. The highest BCUT2D eigenvalue weighted by molar-refractivity contribution is 5.99. The second kappa shape index (κ2) is 6.07. The third-order valence-electron chi connectivity index (χ3n) is 3.68. The number of nitriles is 2. The number of H-pyrrole nitrogens is 1. The number of nitro benzene ring substituents is 1. The van der Waals surface area contributed by atoms with Crippen molar-refractivity contribution in [3.8, 4) is 12.1 Å². The van der Waals surface area contributed by atoms with Crippen molar-refractivity contribution in [2.75, 3.05) is 0 Å². The van der Waals surface area contributed by atoms with Crippen LogP contribution in [0.4, 0.5) is 5.69 Å². The molecule has 1 heterocycles. The molecule has 0 aliphatic carbocycles. The van der Waals surface area contributed by atoms with Gasteiger partial charge < -0.3 is 4.98 Å². The van der Waals surface area contributed by atoms with Crippen LogP contribution in [0, 0.1) is 32.8 Å². The van der Waals surface area contributed by atoms with Crippen LogP contribution in [-0.2, 0) is 0 Å². The number of non-ortho nitro benzene ring substituents is 1. The van der Waals surface area contributed by atoms with E-state index in [1.165, 1.54) is 18.2 Å². The number of fused-ring (bicyclic) bond motifs is 1. The molecule has 0 unspecified atom stereocenters. The summed E-state index contributed by atoms with van der Waals surface area (Å²) in [7, 11) is 0. The third-order valence-corrected chi connectivity index (χ3v) is 3.68. The van der Waals surface area contributed by atoms with Crippen LogP contribution in [0.25, 0.3) is 16.5 Å². The molecule has 1 N–H and O–H groups in total. The summed E-state index contributed by atoms with van der Waals surface area (Å²) in [5.74, 6) is 0. The first-order valence-electron chi connectivity index (χ1n) is 7.01. The largest absolute Gasteiger partial charge is 0.361 e. The molecular formula is C18H10N4O2. The highest BCUT2D eigenvalue weighted by atomic mass is 16.6. The number of allylic oxidation sites excluding steroid dienone is 1. The fraction of sp³-hybridized carbons (Fsp3) is 0. The molecule has 0 spiro atoms. The Morgan fingerprint density at radius 3 is 2.54 bits per heavy atom. The predicted octanol–water partition coefficient (Wildman–Crippen LogP) is 3.93. The van der Waals surface area contributed by atoms with E-state index in [4.69, 9.17) is 0 Å². The highest BCUT2D eigenvalue weighted by Crippen LogP contribution is 2.33. The van der Waals surface area contributed by atoms with E-state index in [2.05, 4.69) is 4.98 Å². The van der Waals surface area contributed by atoms with Gasteiger partial charge in [0, 0.05) is 40.4 Å². The predicted molar refractivity (Wildman–Crippen MR) is 88.6 cm³/mol. The fourth-order valence-electron chi connectivity index (χ4n) is 2.62. The maximum absolute atomic E-state index is 11.0. The minimum Gasteiger partial charge on any atom is -0.361 e. The number of rotatable bonds is 3. The quantitative estimate of drug-likeness (QED) is 0.449. The first kappa shape index (κ1) is 15.0. The van der Waals surface area contributed by atoms with Gasteiger partial charge in [-0.2, -0.15) is 10.5 Å². The van der Waals surface area contributed by atoms with Gasteiger partial charge in [-0.25, -0.2) is 0 Å². The monoisotopic (exact) mass is 314 g/mol. The number of aromatic nitrogens is 1. The van der Waals surface area contributed by atoms with Crippen molar-refractivity contribution in [3.05, 3.63) is 81.5 Å². The van der Waals surface area contributed by atoms with Gasteiger partial charge in [-0.3, -0.25) is 10.1 Å². The van der Waals surface area contributed by atoms with Crippen LogP contribution >= 0.6 is 0 Å². The molecule has 0 fully saturated rings. The van der Waals surface area contributed by atoms with Crippen molar-refractivity contribution >= 4 is 22.2 Å². The van der Waals surface area contributed by atoms with Gasteiger partial charge in [-0.05, 0) is 11.6 Å². The number of nitrogens with zero attached hydrogens (tertiary/aromatic N) is 3. The second-order valence-electron chi connectivity index (χ2n) is 5.03. The van der Waals surface area contributed by atoms with Crippen molar-refractivity contribution in [2.45, 2.75) is 0 Å². The van der Waals surface area contributed by atoms with Crippen molar-refractivity contribution < 1.29 is 4.92 Å². The Kier molecular flexibility index (Phi) is 3.80. The zero-order chi connectivity index (χ0) is 17.1. The highest BCUT2D eigenvalue weighted by Gasteiger charge is 2.18. The van der Waals surface area contributed by atoms with E-state index in [0.29, 0.717) is 16.7 Å². The van der Waals surface area contributed by atoms with E-state index in [1.54, 1.807) is 12.3 Å². The summed E-state index contributed by atoms with van der Waals surface area (Å²) in [5, 5.41) is 30.5. The summed E-state index contributed by atoms with van der Waals surface area (Å²) in [6, 6.07) is 17.2. The summed E-state index contributed by atoms with van der Waals surface area (Å²) in [6.45, 7) is 0. The molecule has 0 saturated carbocycles. The molecule has 2 aromatic carbocycles. The van der Waals surface area contributed by atoms with Gasteiger partial charge in [0.05, 0.1) is 4.92 Å². The molecular weight excluding hydrogens is 304 g/mol. The number of para-hydroxylation sites is 1. The standard InChI is InChI=1S/C18H10N4O2/c19-9-13(10-20)18(12-4-3-5-14(8-12)22(23)24)16-11-21-17-7-2-1-6-15(16)17/h1-8,11,21H. The van der Waals surface area contributed by atoms with E-state index < -0.39 is 4.92 Å². The van der Waals surface area contributed by atoms with Crippen molar-refractivity contribution in [1.29, 1.82) is 10.5 Å². The SMILES string of the molecule is N#CC(C#N)=C(c1cccc([N+](=O)[O-])c1)c1c[nH]c2ccccc12. The number of nitrogens with one attached hydrogen (secondary N) is 1. The van der Waals surface area contributed by atoms with Crippen LogP contribution in [0.5, 0.6) is 0 Å². The summed E-state index contributed by atoms with van der Waals surface area (Å²) in [4.78, 5) is 13.6. The number of nitro groups is 1. The van der Waals surface area contributed by atoms with E-state index in [1.807, 2.05) is 36.4 Å². The molecule has 0 saturated heterocycles. The molecule has 0 atom stereocenters. The van der Waals surface area contributed by atoms with Gasteiger partial charge in [0.15, 0.2) is 0 Å². The van der Waals surface area contributed by atoms with Gasteiger partial charge in [-0.1, -0.05) is 30.3 Å². The Balaban J connectivity index is 2.33. The van der Waals surface area contributed by atoms with Crippen LogP contribution in [0.15, 0.2) is 60.3 Å². The molecule has 6 heteroatoms. The molecule has 0 radical (unpaired) electrons. The van der Waals surface area contributed by atoms with Gasteiger partial charge in [0.1, 0.15) is 17.7 Å². The molecule has 3 aromatic rings. The van der Waals surface area contributed by atoms with E-state index in [-0.39, 0.29) is 11.3 Å². The molecule has 0 bridgehead atoms. The summed E-state index contributed by atoms with van der Waals surface area (Å²) in [5.41, 5.74) is 2.14. The number of benzene rings is 2. The van der Waals surface area contributed by atoms with Gasteiger partial charge in [-0.15, -0.1) is 0 Å². The van der Waals surface area contributed by atoms with E-state index in [9.17, 15) is 20.6 Å². The lowest BCUT2D eigenvalue weighted by Gasteiger charge is -2.07. The third kappa shape index (κ3) is 2.49. The van der Waals surface area contributed by atoms with Crippen LogP contribution in [0.3, 0.4) is 0 Å². The lowest BCUT2D eigenvalue weighted by atomic mass is 9.93. The first-order chi connectivity index (χ1) is 11.7. The minimum absolute atomic E-state index is 0.0970.